The van der Waals surface area contributed by atoms with Gasteiger partial charge in [0.15, 0.2) is 0 Å². The number of ether oxygens (including phenoxy) is 1. The Morgan fingerprint density at radius 3 is 2.74 bits per heavy atom. The van der Waals surface area contributed by atoms with E-state index in [4.69, 9.17) is 4.74 Å². The van der Waals surface area contributed by atoms with Gasteiger partial charge in [0.05, 0.1) is 12.3 Å². The largest absolute Gasteiger partial charge is 0.382 e. The molecule has 7 heteroatoms. The van der Waals surface area contributed by atoms with Gasteiger partial charge in [-0.25, -0.2) is 9.48 Å². The third-order valence-corrected chi connectivity index (χ3v) is 5.22. The summed E-state index contributed by atoms with van der Waals surface area (Å²) in [7, 11) is 1.68. The molecule has 0 bridgehead atoms. The second kappa shape index (κ2) is 6.11. The van der Waals surface area contributed by atoms with E-state index in [9.17, 15) is 4.79 Å². The highest BCUT2D eigenvalue weighted by Gasteiger charge is 2.38. The van der Waals surface area contributed by atoms with Crippen LogP contribution in [0.3, 0.4) is 0 Å². The Labute approximate surface area is 136 Å². The number of fused-ring (bicyclic) bond motifs is 1. The predicted octanol–water partition coefficient (Wildman–Crippen LogP) is 1.45. The lowest BCUT2D eigenvalue weighted by molar-refractivity contribution is 0.0816. The second-order valence-corrected chi connectivity index (χ2v) is 6.94. The first-order valence-electron chi connectivity index (χ1n) is 8.74. The maximum atomic E-state index is 12.8. The molecule has 1 aromatic rings. The predicted molar refractivity (Wildman–Crippen MR) is 84.0 cm³/mol. The zero-order valence-corrected chi connectivity index (χ0v) is 13.8. The smallest absolute Gasteiger partial charge is 0.320 e. The van der Waals surface area contributed by atoms with Crippen LogP contribution in [0, 0.1) is 5.92 Å². The first kappa shape index (κ1) is 14.9. The minimum atomic E-state index is -0.107. The number of methoxy groups -OCH3 is 1. The van der Waals surface area contributed by atoms with Gasteiger partial charge < -0.3 is 14.5 Å². The van der Waals surface area contributed by atoms with Crippen LogP contribution in [-0.2, 0) is 17.7 Å². The fourth-order valence-electron chi connectivity index (χ4n) is 3.73. The van der Waals surface area contributed by atoms with E-state index >= 15 is 0 Å². The van der Waals surface area contributed by atoms with Crippen LogP contribution in [0.15, 0.2) is 0 Å². The first-order chi connectivity index (χ1) is 11.3. The molecule has 4 rings (SSSR count). The molecule has 3 heterocycles. The van der Waals surface area contributed by atoms with Crippen molar-refractivity contribution in [3.63, 3.8) is 0 Å². The van der Waals surface area contributed by atoms with Gasteiger partial charge in [0.25, 0.3) is 0 Å². The van der Waals surface area contributed by atoms with Crippen molar-refractivity contribution in [2.24, 2.45) is 5.92 Å². The normalized spacial score (nSPS) is 24.1. The molecule has 1 atom stereocenters. The Morgan fingerprint density at radius 2 is 2.04 bits per heavy atom. The number of likely N-dealkylation sites (tertiary alicyclic amines) is 1. The van der Waals surface area contributed by atoms with Gasteiger partial charge in [-0.1, -0.05) is 5.21 Å². The number of hydrogen-bond donors (Lipinski definition) is 0. The fourth-order valence-corrected chi connectivity index (χ4v) is 3.73. The van der Waals surface area contributed by atoms with E-state index in [0.717, 1.165) is 57.1 Å². The molecule has 2 fully saturated rings. The minimum absolute atomic E-state index is 0.107. The molecular formula is C16H25N5O2. The molecule has 126 valence electrons. The van der Waals surface area contributed by atoms with E-state index in [0.29, 0.717) is 6.61 Å². The van der Waals surface area contributed by atoms with Gasteiger partial charge in [0.2, 0.25) is 0 Å². The monoisotopic (exact) mass is 319 g/mol. The van der Waals surface area contributed by atoms with E-state index in [1.54, 1.807) is 7.11 Å². The van der Waals surface area contributed by atoms with Crippen LogP contribution in [0.5, 0.6) is 0 Å². The van der Waals surface area contributed by atoms with Crippen LogP contribution >= 0.6 is 0 Å². The van der Waals surface area contributed by atoms with Crippen molar-refractivity contribution in [3.8, 4) is 0 Å². The van der Waals surface area contributed by atoms with Crippen molar-refractivity contribution in [1.29, 1.82) is 0 Å². The Bertz CT molecular complexity index is 577. The zero-order valence-electron chi connectivity index (χ0n) is 13.8. The molecule has 2 amide bonds. The highest BCUT2D eigenvalue weighted by Crippen LogP contribution is 2.34. The molecule has 0 unspecified atom stereocenters. The third-order valence-electron chi connectivity index (χ3n) is 5.22. The SMILES string of the molecule is COC[C@@H]1c2nnn(CC3CC3)c2CCN1C(=O)N1CCCC1. The van der Waals surface area contributed by atoms with Crippen molar-refractivity contribution < 1.29 is 9.53 Å². The number of rotatable bonds is 4. The number of nitrogens with zero attached hydrogens (tertiary/aromatic N) is 5. The zero-order chi connectivity index (χ0) is 15.8. The molecule has 0 radical (unpaired) electrons. The molecular weight excluding hydrogens is 294 g/mol. The number of amides is 2. The molecule has 0 aromatic carbocycles. The molecule has 7 nitrogen and oxygen atoms in total. The number of carbonyl (C=O) groups is 1. The summed E-state index contributed by atoms with van der Waals surface area (Å²) in [6.45, 7) is 3.93. The van der Waals surface area contributed by atoms with Crippen molar-refractivity contribution in [2.75, 3.05) is 33.4 Å². The molecule has 1 saturated carbocycles. The van der Waals surface area contributed by atoms with Gasteiger partial charge >= 0.3 is 6.03 Å². The summed E-state index contributed by atoms with van der Waals surface area (Å²) in [6, 6.07) is 0.0248. The number of urea groups is 1. The summed E-state index contributed by atoms with van der Waals surface area (Å²) in [4.78, 5) is 16.7. The van der Waals surface area contributed by atoms with Gasteiger partial charge in [-0.3, -0.25) is 0 Å². The average Bonchev–Trinajstić information content (AvgIpc) is 3.05. The number of carbonyl (C=O) groups excluding carboxylic acids is 1. The molecule has 1 aromatic heterocycles. The van der Waals surface area contributed by atoms with Crippen molar-refractivity contribution in [1.82, 2.24) is 24.8 Å². The number of aromatic nitrogens is 3. The molecule has 3 aliphatic rings. The molecule has 23 heavy (non-hydrogen) atoms. The topological polar surface area (TPSA) is 63.5 Å². The van der Waals surface area contributed by atoms with Crippen LogP contribution in [0.4, 0.5) is 4.79 Å². The van der Waals surface area contributed by atoms with E-state index in [1.807, 2.05) is 9.80 Å². The van der Waals surface area contributed by atoms with Crippen LogP contribution in [0.2, 0.25) is 0 Å². The molecule has 2 aliphatic heterocycles. The van der Waals surface area contributed by atoms with Crippen LogP contribution in [0.25, 0.3) is 0 Å². The van der Waals surface area contributed by atoms with E-state index in [1.165, 1.54) is 18.5 Å². The summed E-state index contributed by atoms with van der Waals surface area (Å²) in [5.74, 6) is 0.769. The molecule has 1 saturated heterocycles. The van der Waals surface area contributed by atoms with Gasteiger partial charge in [-0.15, -0.1) is 5.10 Å². The Kier molecular flexibility index (Phi) is 3.97. The van der Waals surface area contributed by atoms with E-state index < -0.39 is 0 Å². The second-order valence-electron chi connectivity index (χ2n) is 6.94. The van der Waals surface area contributed by atoms with Crippen LogP contribution in [-0.4, -0.2) is 64.2 Å². The van der Waals surface area contributed by atoms with E-state index in [2.05, 4.69) is 15.0 Å². The molecule has 1 aliphatic carbocycles. The quantitative estimate of drug-likeness (QED) is 0.842. The summed E-state index contributed by atoms with van der Waals surface area (Å²) < 4.78 is 7.46. The van der Waals surface area contributed by atoms with Crippen molar-refractivity contribution >= 4 is 6.03 Å². The van der Waals surface area contributed by atoms with Crippen molar-refractivity contribution in [3.05, 3.63) is 11.4 Å². The van der Waals surface area contributed by atoms with E-state index in [-0.39, 0.29) is 12.1 Å². The van der Waals surface area contributed by atoms with Gasteiger partial charge in [0.1, 0.15) is 11.7 Å². The summed E-state index contributed by atoms with van der Waals surface area (Å²) >= 11 is 0. The highest BCUT2D eigenvalue weighted by molar-refractivity contribution is 5.75. The molecule has 0 spiro atoms. The van der Waals surface area contributed by atoms with Crippen LogP contribution < -0.4 is 0 Å². The molecule has 0 N–H and O–H groups in total. The Morgan fingerprint density at radius 1 is 1.26 bits per heavy atom. The van der Waals surface area contributed by atoms with Gasteiger partial charge in [-0.2, -0.15) is 0 Å². The van der Waals surface area contributed by atoms with Gasteiger partial charge in [-0.05, 0) is 31.6 Å². The summed E-state index contributed by atoms with van der Waals surface area (Å²) in [5.41, 5.74) is 2.13. The first-order valence-corrected chi connectivity index (χ1v) is 8.74. The van der Waals surface area contributed by atoms with Crippen LogP contribution in [0.1, 0.15) is 43.1 Å². The third kappa shape index (κ3) is 2.82. The number of hydrogen-bond acceptors (Lipinski definition) is 4. The lowest BCUT2D eigenvalue weighted by atomic mass is 10.0. The minimum Gasteiger partial charge on any atom is -0.382 e. The standard InChI is InChI=1S/C16H25N5O2/c1-23-11-14-15-13(21(18-17-15)10-12-4-5-12)6-9-20(14)16(22)19-7-2-3-8-19/h12,14H,2-11H2,1H3/t14-/m1/s1. The lowest BCUT2D eigenvalue weighted by Gasteiger charge is -2.36. The lowest BCUT2D eigenvalue weighted by Crippen LogP contribution is -2.48. The average molecular weight is 319 g/mol. The van der Waals surface area contributed by atoms with Gasteiger partial charge in [0, 0.05) is 39.7 Å². The Hall–Kier alpha value is -1.63. The highest BCUT2D eigenvalue weighted by atomic mass is 16.5. The summed E-state index contributed by atoms with van der Waals surface area (Å²) in [5, 5.41) is 8.78. The maximum Gasteiger partial charge on any atom is 0.320 e. The fraction of sp³-hybridized carbons (Fsp3) is 0.812. The summed E-state index contributed by atoms with van der Waals surface area (Å²) in [6.07, 6.45) is 5.66. The maximum absolute atomic E-state index is 12.8. The van der Waals surface area contributed by atoms with Crippen molar-refractivity contribution in [2.45, 2.75) is 44.7 Å². The Balaban J connectivity index is 1.57.